The lowest BCUT2D eigenvalue weighted by Gasteiger charge is -2.17. The number of hydrogen-bond acceptors (Lipinski definition) is 2. The summed E-state index contributed by atoms with van der Waals surface area (Å²) in [5.74, 6) is 0.457. The van der Waals surface area contributed by atoms with Crippen LogP contribution in [0.15, 0.2) is 24.3 Å². The van der Waals surface area contributed by atoms with Crippen LogP contribution < -0.4 is 5.32 Å². The number of carbonyl (C=O) groups excluding carboxylic acids is 1. The summed E-state index contributed by atoms with van der Waals surface area (Å²) in [7, 11) is 0. The molecule has 0 aliphatic carbocycles. The molecule has 0 bridgehead atoms. The Morgan fingerprint density at radius 2 is 2.16 bits per heavy atom. The molecule has 1 amide bonds. The number of rotatable bonds is 5. The summed E-state index contributed by atoms with van der Waals surface area (Å²) in [4.78, 5) is 12.0. The van der Waals surface area contributed by atoms with Gasteiger partial charge in [0.2, 0.25) is 0 Å². The van der Waals surface area contributed by atoms with E-state index in [4.69, 9.17) is 4.74 Å². The maximum absolute atomic E-state index is 12.0. The fraction of sp³-hybridized carbons (Fsp3) is 0.533. The molecule has 1 aromatic rings. The van der Waals surface area contributed by atoms with Crippen molar-refractivity contribution in [1.82, 2.24) is 5.32 Å². The van der Waals surface area contributed by atoms with E-state index in [1.807, 2.05) is 24.3 Å². The van der Waals surface area contributed by atoms with Crippen LogP contribution in [0.3, 0.4) is 0 Å². The molecule has 1 fully saturated rings. The highest BCUT2D eigenvalue weighted by Crippen LogP contribution is 2.22. The lowest BCUT2D eigenvalue weighted by atomic mass is 9.99. The molecule has 1 aromatic carbocycles. The van der Waals surface area contributed by atoms with Gasteiger partial charge < -0.3 is 10.1 Å². The van der Waals surface area contributed by atoms with Crippen LogP contribution in [0.5, 0.6) is 0 Å². The average Bonchev–Trinajstić information content (AvgIpc) is 2.92. The number of benzene rings is 1. The third-order valence-corrected chi connectivity index (χ3v) is 4.29. The van der Waals surface area contributed by atoms with E-state index in [0.717, 1.165) is 30.3 Å². The van der Waals surface area contributed by atoms with Gasteiger partial charge in [-0.15, -0.1) is 0 Å². The number of halogens is 1. The van der Waals surface area contributed by atoms with Gasteiger partial charge in [-0.1, -0.05) is 35.0 Å². The van der Waals surface area contributed by atoms with Gasteiger partial charge in [0.05, 0.1) is 6.10 Å². The maximum Gasteiger partial charge on any atom is 0.251 e. The normalized spacial score (nSPS) is 22.4. The Kier molecular flexibility index (Phi) is 5.40. The third-order valence-electron chi connectivity index (χ3n) is 3.64. The maximum atomic E-state index is 12.0. The van der Waals surface area contributed by atoms with Gasteiger partial charge in [-0.25, -0.2) is 0 Å². The number of amides is 1. The van der Waals surface area contributed by atoms with Crippen molar-refractivity contribution in [3.8, 4) is 0 Å². The van der Waals surface area contributed by atoms with E-state index >= 15 is 0 Å². The standard InChI is InChI=1S/C15H20BrNO2/c1-2-14-13(7-8-19-14)10-17-15(18)12-5-3-11(9-16)4-6-12/h3-6,13-14H,2,7-10H2,1H3,(H,17,18). The predicted molar refractivity (Wildman–Crippen MR) is 79.5 cm³/mol. The van der Waals surface area contributed by atoms with Crippen molar-refractivity contribution in [3.63, 3.8) is 0 Å². The highest BCUT2D eigenvalue weighted by atomic mass is 79.9. The van der Waals surface area contributed by atoms with Crippen molar-refractivity contribution < 1.29 is 9.53 Å². The van der Waals surface area contributed by atoms with Gasteiger partial charge in [-0.2, -0.15) is 0 Å². The molecule has 1 heterocycles. The minimum Gasteiger partial charge on any atom is -0.378 e. The van der Waals surface area contributed by atoms with Crippen molar-refractivity contribution in [3.05, 3.63) is 35.4 Å². The van der Waals surface area contributed by atoms with Crippen molar-refractivity contribution in [1.29, 1.82) is 0 Å². The van der Waals surface area contributed by atoms with Gasteiger partial charge in [0, 0.05) is 30.0 Å². The minimum absolute atomic E-state index is 0.00266. The summed E-state index contributed by atoms with van der Waals surface area (Å²) < 4.78 is 5.63. The second-order valence-corrected chi connectivity index (χ2v) is 5.47. The summed E-state index contributed by atoms with van der Waals surface area (Å²) >= 11 is 3.39. The monoisotopic (exact) mass is 325 g/mol. The van der Waals surface area contributed by atoms with E-state index in [2.05, 4.69) is 28.2 Å². The molecule has 104 valence electrons. The van der Waals surface area contributed by atoms with Crippen LogP contribution in [0.4, 0.5) is 0 Å². The molecule has 2 rings (SSSR count). The van der Waals surface area contributed by atoms with Crippen molar-refractivity contribution >= 4 is 21.8 Å². The molecule has 1 aliphatic heterocycles. The molecule has 2 unspecified atom stereocenters. The molecule has 0 radical (unpaired) electrons. The lowest BCUT2D eigenvalue weighted by Crippen LogP contribution is -2.32. The van der Waals surface area contributed by atoms with Gasteiger partial charge in [-0.05, 0) is 30.5 Å². The fourth-order valence-corrected chi connectivity index (χ4v) is 2.82. The zero-order valence-corrected chi connectivity index (χ0v) is 12.8. The topological polar surface area (TPSA) is 38.3 Å². The largest absolute Gasteiger partial charge is 0.378 e. The fourth-order valence-electron chi connectivity index (χ4n) is 2.45. The SMILES string of the molecule is CCC1OCCC1CNC(=O)c1ccc(CBr)cc1. The van der Waals surface area contributed by atoms with Crippen LogP contribution in [0.25, 0.3) is 0 Å². The van der Waals surface area contributed by atoms with Crippen LogP contribution in [-0.4, -0.2) is 25.2 Å². The quantitative estimate of drug-likeness (QED) is 0.845. The molecule has 0 saturated carbocycles. The molecule has 1 N–H and O–H groups in total. The summed E-state index contributed by atoms with van der Waals surface area (Å²) in [5.41, 5.74) is 1.89. The molecule has 1 saturated heterocycles. The summed E-state index contributed by atoms with van der Waals surface area (Å²) in [6.45, 7) is 3.65. The second kappa shape index (κ2) is 7.06. The van der Waals surface area contributed by atoms with Gasteiger partial charge in [0.15, 0.2) is 0 Å². The number of carbonyl (C=O) groups is 1. The Balaban J connectivity index is 1.86. The highest BCUT2D eigenvalue weighted by Gasteiger charge is 2.26. The van der Waals surface area contributed by atoms with Gasteiger partial charge >= 0.3 is 0 Å². The molecule has 4 heteroatoms. The van der Waals surface area contributed by atoms with Gasteiger partial charge in [0.1, 0.15) is 0 Å². The van der Waals surface area contributed by atoms with Crippen LogP contribution in [0.1, 0.15) is 35.7 Å². The first kappa shape index (κ1) is 14.5. The zero-order chi connectivity index (χ0) is 13.7. The number of hydrogen-bond donors (Lipinski definition) is 1. The smallest absolute Gasteiger partial charge is 0.251 e. The summed E-state index contributed by atoms with van der Waals surface area (Å²) in [6.07, 6.45) is 2.36. The second-order valence-electron chi connectivity index (χ2n) is 4.91. The average molecular weight is 326 g/mol. The van der Waals surface area contributed by atoms with Crippen molar-refractivity contribution in [2.45, 2.75) is 31.2 Å². The van der Waals surface area contributed by atoms with Crippen molar-refractivity contribution in [2.24, 2.45) is 5.92 Å². The molecule has 2 atom stereocenters. The molecule has 19 heavy (non-hydrogen) atoms. The highest BCUT2D eigenvalue weighted by molar-refractivity contribution is 9.08. The molecule has 3 nitrogen and oxygen atoms in total. The minimum atomic E-state index is 0.00266. The Labute approximate surface area is 122 Å². The Bertz CT molecular complexity index is 419. The predicted octanol–water partition coefficient (Wildman–Crippen LogP) is 3.13. The summed E-state index contributed by atoms with van der Waals surface area (Å²) in [5, 5.41) is 3.82. The first-order chi connectivity index (χ1) is 9.24. The lowest BCUT2D eigenvalue weighted by molar-refractivity contribution is 0.0827. The number of alkyl halides is 1. The van der Waals surface area contributed by atoms with Crippen LogP contribution in [-0.2, 0) is 10.1 Å². The van der Waals surface area contributed by atoms with Crippen molar-refractivity contribution in [2.75, 3.05) is 13.2 Å². The van der Waals surface area contributed by atoms with Crippen LogP contribution in [0, 0.1) is 5.92 Å². The Morgan fingerprint density at radius 3 is 2.79 bits per heavy atom. The number of nitrogens with one attached hydrogen (secondary N) is 1. The Morgan fingerprint density at radius 1 is 1.42 bits per heavy atom. The molecule has 0 spiro atoms. The van der Waals surface area contributed by atoms with E-state index in [1.165, 1.54) is 5.56 Å². The summed E-state index contributed by atoms with van der Waals surface area (Å²) in [6, 6.07) is 7.68. The number of ether oxygens (including phenoxy) is 1. The molecular formula is C15H20BrNO2. The van der Waals surface area contributed by atoms with Gasteiger partial charge in [-0.3, -0.25) is 4.79 Å². The zero-order valence-electron chi connectivity index (χ0n) is 11.2. The molecule has 0 aromatic heterocycles. The van der Waals surface area contributed by atoms with E-state index in [0.29, 0.717) is 18.6 Å². The first-order valence-electron chi connectivity index (χ1n) is 6.79. The van der Waals surface area contributed by atoms with E-state index in [-0.39, 0.29) is 5.91 Å². The first-order valence-corrected chi connectivity index (χ1v) is 7.91. The Hall–Kier alpha value is -0.870. The third kappa shape index (κ3) is 3.80. The van der Waals surface area contributed by atoms with Crippen LogP contribution in [0.2, 0.25) is 0 Å². The van der Waals surface area contributed by atoms with Gasteiger partial charge in [0.25, 0.3) is 5.91 Å². The van der Waals surface area contributed by atoms with E-state index in [9.17, 15) is 4.79 Å². The van der Waals surface area contributed by atoms with E-state index in [1.54, 1.807) is 0 Å². The molecular weight excluding hydrogens is 306 g/mol. The molecule has 1 aliphatic rings. The van der Waals surface area contributed by atoms with E-state index < -0.39 is 0 Å². The van der Waals surface area contributed by atoms with Crippen LogP contribution >= 0.6 is 15.9 Å².